The molecule has 5 heteroatoms. The van der Waals surface area contributed by atoms with Crippen LogP contribution in [0.3, 0.4) is 0 Å². The summed E-state index contributed by atoms with van der Waals surface area (Å²) in [6.07, 6.45) is 0.601. The van der Waals surface area contributed by atoms with Crippen LogP contribution >= 0.6 is 11.8 Å². The zero-order valence-electron chi connectivity index (χ0n) is 7.98. The molecule has 2 atom stereocenters. The maximum atomic E-state index is 12.8. The van der Waals surface area contributed by atoms with Gasteiger partial charge in [0.1, 0.15) is 5.41 Å². The molecule has 2 nitrogen and oxygen atoms in total. The predicted molar refractivity (Wildman–Crippen MR) is 51.5 cm³/mol. The van der Waals surface area contributed by atoms with E-state index >= 15 is 0 Å². The Morgan fingerprint density at radius 2 is 2.21 bits per heavy atom. The number of halogens is 2. The molecule has 1 saturated carbocycles. The zero-order valence-corrected chi connectivity index (χ0v) is 8.79. The number of nitrogens with one attached hydrogen (secondary N) is 1. The number of amides is 1. The molecule has 0 aromatic carbocycles. The van der Waals surface area contributed by atoms with Gasteiger partial charge in [-0.15, -0.1) is 0 Å². The molecule has 1 N–H and O–H groups in total. The van der Waals surface area contributed by atoms with Gasteiger partial charge in [-0.3, -0.25) is 4.79 Å². The van der Waals surface area contributed by atoms with Crippen LogP contribution in [0.25, 0.3) is 0 Å². The molecule has 1 saturated heterocycles. The fourth-order valence-corrected chi connectivity index (χ4v) is 2.79. The van der Waals surface area contributed by atoms with Gasteiger partial charge in [0.15, 0.2) is 0 Å². The Balaban J connectivity index is 1.90. The minimum atomic E-state index is -2.79. The lowest BCUT2D eigenvalue weighted by molar-refractivity contribution is -0.129. The van der Waals surface area contributed by atoms with Crippen molar-refractivity contribution in [2.75, 3.05) is 11.5 Å². The summed E-state index contributed by atoms with van der Waals surface area (Å²) in [5, 5.41) is 2.70. The highest BCUT2D eigenvalue weighted by Gasteiger charge is 2.72. The van der Waals surface area contributed by atoms with Gasteiger partial charge in [0, 0.05) is 18.2 Å². The number of carbonyl (C=O) groups is 1. The molecule has 0 spiro atoms. The molecule has 2 unspecified atom stereocenters. The van der Waals surface area contributed by atoms with Crippen LogP contribution in [0.15, 0.2) is 0 Å². The van der Waals surface area contributed by atoms with Crippen molar-refractivity contribution in [3.8, 4) is 0 Å². The van der Waals surface area contributed by atoms with E-state index in [2.05, 4.69) is 5.32 Å². The van der Waals surface area contributed by atoms with Gasteiger partial charge in [-0.1, -0.05) is 0 Å². The van der Waals surface area contributed by atoms with Crippen molar-refractivity contribution in [3.63, 3.8) is 0 Å². The standard InChI is InChI=1S/C9H13F2NOS/c1-8(5-9(8,10)11)7(13)12-6-2-3-14-4-6/h6H,2-5H2,1H3,(H,12,13). The van der Waals surface area contributed by atoms with Crippen LogP contribution in [0.5, 0.6) is 0 Å². The second-order valence-corrected chi connectivity index (χ2v) is 5.40. The highest BCUT2D eigenvalue weighted by atomic mass is 32.2. The van der Waals surface area contributed by atoms with Gasteiger partial charge >= 0.3 is 0 Å². The third-order valence-electron chi connectivity index (χ3n) is 3.02. The first-order valence-electron chi connectivity index (χ1n) is 4.72. The molecule has 1 aliphatic heterocycles. The summed E-state index contributed by atoms with van der Waals surface area (Å²) in [7, 11) is 0. The molecule has 0 bridgehead atoms. The number of hydrogen-bond acceptors (Lipinski definition) is 2. The van der Waals surface area contributed by atoms with E-state index in [4.69, 9.17) is 0 Å². The lowest BCUT2D eigenvalue weighted by Crippen LogP contribution is -2.40. The smallest absolute Gasteiger partial charge is 0.263 e. The highest BCUT2D eigenvalue weighted by molar-refractivity contribution is 7.99. The molecule has 0 radical (unpaired) electrons. The lowest BCUT2D eigenvalue weighted by Gasteiger charge is -2.15. The summed E-state index contributed by atoms with van der Waals surface area (Å²) in [5.74, 6) is -1.40. The average molecular weight is 221 g/mol. The maximum Gasteiger partial charge on any atom is 0.263 e. The van der Waals surface area contributed by atoms with Gasteiger partial charge in [0.05, 0.1) is 0 Å². The van der Waals surface area contributed by atoms with E-state index < -0.39 is 17.2 Å². The highest BCUT2D eigenvalue weighted by Crippen LogP contribution is 2.60. The Morgan fingerprint density at radius 3 is 2.64 bits per heavy atom. The van der Waals surface area contributed by atoms with E-state index in [9.17, 15) is 13.6 Å². The van der Waals surface area contributed by atoms with Crippen LogP contribution in [0, 0.1) is 5.41 Å². The van der Waals surface area contributed by atoms with Gasteiger partial charge in [0.2, 0.25) is 5.91 Å². The van der Waals surface area contributed by atoms with Gasteiger partial charge in [-0.2, -0.15) is 11.8 Å². The van der Waals surface area contributed by atoms with E-state index in [0.717, 1.165) is 17.9 Å². The van der Waals surface area contributed by atoms with Crippen molar-refractivity contribution in [3.05, 3.63) is 0 Å². The molecule has 2 aliphatic rings. The van der Waals surface area contributed by atoms with Gasteiger partial charge in [-0.25, -0.2) is 8.78 Å². The summed E-state index contributed by atoms with van der Waals surface area (Å²) in [4.78, 5) is 11.5. The van der Waals surface area contributed by atoms with Crippen LogP contribution in [0.1, 0.15) is 19.8 Å². The largest absolute Gasteiger partial charge is 0.352 e. The molecular formula is C9H13F2NOS. The van der Waals surface area contributed by atoms with Gasteiger partial charge in [-0.05, 0) is 19.1 Å². The average Bonchev–Trinajstić information content (AvgIpc) is 2.54. The normalized spacial score (nSPS) is 39.5. The summed E-state index contributed by atoms with van der Waals surface area (Å²) in [6, 6.07) is 0.0979. The van der Waals surface area contributed by atoms with Crippen LogP contribution in [-0.4, -0.2) is 29.4 Å². The number of alkyl halides is 2. The second-order valence-electron chi connectivity index (χ2n) is 4.25. The number of thioether (sulfide) groups is 1. The monoisotopic (exact) mass is 221 g/mol. The lowest BCUT2D eigenvalue weighted by atomic mass is 10.1. The van der Waals surface area contributed by atoms with Crippen molar-refractivity contribution in [1.29, 1.82) is 0 Å². The molecule has 14 heavy (non-hydrogen) atoms. The second kappa shape index (κ2) is 3.08. The Kier molecular flexibility index (Phi) is 2.25. The summed E-state index contributed by atoms with van der Waals surface area (Å²) in [5.41, 5.74) is -1.43. The summed E-state index contributed by atoms with van der Waals surface area (Å²) < 4.78 is 25.7. The van der Waals surface area contributed by atoms with Crippen LogP contribution in [0.2, 0.25) is 0 Å². The van der Waals surface area contributed by atoms with Gasteiger partial charge in [0.25, 0.3) is 5.92 Å². The Bertz CT molecular complexity index is 266. The summed E-state index contributed by atoms with van der Waals surface area (Å²) >= 11 is 1.75. The molecular weight excluding hydrogens is 208 g/mol. The van der Waals surface area contributed by atoms with Crippen molar-refractivity contribution in [2.45, 2.75) is 31.7 Å². The maximum absolute atomic E-state index is 12.8. The first-order valence-corrected chi connectivity index (χ1v) is 5.88. The number of hydrogen-bond donors (Lipinski definition) is 1. The minimum Gasteiger partial charge on any atom is -0.352 e. The molecule has 1 amide bonds. The van der Waals surface area contributed by atoms with Crippen LogP contribution < -0.4 is 5.32 Å². The number of carbonyl (C=O) groups excluding carboxylic acids is 1. The predicted octanol–water partition coefficient (Wildman–Crippen LogP) is 1.65. The van der Waals surface area contributed by atoms with E-state index in [1.54, 1.807) is 11.8 Å². The first kappa shape index (κ1) is 10.2. The molecule has 0 aromatic heterocycles. The first-order chi connectivity index (χ1) is 6.46. The van der Waals surface area contributed by atoms with Gasteiger partial charge < -0.3 is 5.32 Å². The third-order valence-corrected chi connectivity index (χ3v) is 4.19. The van der Waals surface area contributed by atoms with Crippen molar-refractivity contribution >= 4 is 17.7 Å². The van der Waals surface area contributed by atoms with E-state index in [1.165, 1.54) is 6.92 Å². The van der Waals surface area contributed by atoms with E-state index in [-0.39, 0.29) is 12.5 Å². The molecule has 0 aromatic rings. The van der Waals surface area contributed by atoms with Crippen molar-refractivity contribution in [2.24, 2.45) is 5.41 Å². The Morgan fingerprint density at radius 1 is 1.57 bits per heavy atom. The molecule has 2 rings (SSSR count). The minimum absolute atomic E-state index is 0.0979. The molecule has 1 heterocycles. The topological polar surface area (TPSA) is 29.1 Å². The van der Waals surface area contributed by atoms with E-state index in [1.807, 2.05) is 0 Å². The quantitative estimate of drug-likeness (QED) is 0.768. The van der Waals surface area contributed by atoms with E-state index in [0.29, 0.717) is 0 Å². The SMILES string of the molecule is CC1(C(=O)NC2CCSC2)CC1(F)F. The molecule has 2 fully saturated rings. The molecule has 1 aliphatic carbocycles. The zero-order chi connectivity index (χ0) is 10.4. The van der Waals surface area contributed by atoms with Crippen molar-refractivity contribution < 1.29 is 13.6 Å². The fourth-order valence-electron chi connectivity index (χ4n) is 1.64. The van der Waals surface area contributed by atoms with Crippen molar-refractivity contribution in [1.82, 2.24) is 5.32 Å². The number of rotatable bonds is 2. The van der Waals surface area contributed by atoms with Crippen LogP contribution in [-0.2, 0) is 4.79 Å². The van der Waals surface area contributed by atoms with Crippen LogP contribution in [0.4, 0.5) is 8.78 Å². The fraction of sp³-hybridized carbons (Fsp3) is 0.889. The Hall–Kier alpha value is -0.320. The Labute approximate surface area is 85.8 Å². The third kappa shape index (κ3) is 1.51. The summed E-state index contributed by atoms with van der Waals surface area (Å²) in [6.45, 7) is 1.34. The molecule has 80 valence electrons.